The summed E-state index contributed by atoms with van der Waals surface area (Å²) < 4.78 is 7.34. The molecule has 2 aromatic carbocycles. The Labute approximate surface area is 132 Å². The van der Waals surface area contributed by atoms with Gasteiger partial charge in [0, 0.05) is 14.1 Å². The molecule has 0 amide bonds. The number of nitrogens with zero attached hydrogens (tertiary/aromatic N) is 1. The first-order valence-electron chi connectivity index (χ1n) is 5.37. The van der Waals surface area contributed by atoms with Gasteiger partial charge in [0.2, 0.25) is 0 Å². The molecule has 0 radical (unpaired) electrons. The highest BCUT2D eigenvalue weighted by molar-refractivity contribution is 14.1. The Morgan fingerprint density at radius 2 is 1.89 bits per heavy atom. The highest BCUT2D eigenvalue weighted by Crippen LogP contribution is 2.26. The number of hydrogen-bond acceptors (Lipinski definition) is 3. The molecular weight excluding hydrogens is 425 g/mol. The van der Waals surface area contributed by atoms with Gasteiger partial charge in [0.1, 0.15) is 12.4 Å². The Bertz CT molecular complexity index is 601. The van der Waals surface area contributed by atoms with Crippen molar-refractivity contribution in [1.82, 2.24) is 0 Å². The molecule has 0 spiro atoms. The Hall–Kier alpha value is -1.15. The molecule has 0 saturated heterocycles. The van der Waals surface area contributed by atoms with Crippen molar-refractivity contribution in [3.05, 3.63) is 66.2 Å². The molecular formula is C13H9BrINO3. The van der Waals surface area contributed by atoms with E-state index in [0.29, 0.717) is 16.8 Å². The highest BCUT2D eigenvalue weighted by atomic mass is 127. The summed E-state index contributed by atoms with van der Waals surface area (Å²) in [5.41, 5.74) is 1.02. The molecule has 0 aromatic heterocycles. The van der Waals surface area contributed by atoms with Gasteiger partial charge in [-0.3, -0.25) is 10.1 Å². The van der Waals surface area contributed by atoms with E-state index in [1.54, 1.807) is 6.07 Å². The van der Waals surface area contributed by atoms with Crippen LogP contribution in [0.4, 0.5) is 5.69 Å². The van der Waals surface area contributed by atoms with E-state index in [1.165, 1.54) is 12.1 Å². The lowest BCUT2D eigenvalue weighted by Gasteiger charge is -2.07. The van der Waals surface area contributed by atoms with Gasteiger partial charge in [0.15, 0.2) is 0 Å². The molecule has 19 heavy (non-hydrogen) atoms. The summed E-state index contributed by atoms with van der Waals surface area (Å²) >= 11 is 5.46. The molecule has 98 valence electrons. The molecule has 0 aliphatic heterocycles. The summed E-state index contributed by atoms with van der Waals surface area (Å²) in [6.45, 7) is 0.379. The van der Waals surface area contributed by atoms with Crippen LogP contribution < -0.4 is 4.74 Å². The van der Waals surface area contributed by atoms with Crippen molar-refractivity contribution in [3.8, 4) is 5.75 Å². The Kier molecular flexibility index (Phi) is 4.76. The summed E-state index contributed by atoms with van der Waals surface area (Å²) in [6.07, 6.45) is 0. The molecule has 0 heterocycles. The van der Waals surface area contributed by atoms with Gasteiger partial charge >= 0.3 is 0 Å². The second kappa shape index (κ2) is 6.33. The van der Waals surface area contributed by atoms with E-state index in [2.05, 4.69) is 38.5 Å². The van der Waals surface area contributed by atoms with Crippen molar-refractivity contribution in [3.63, 3.8) is 0 Å². The molecule has 6 heteroatoms. The van der Waals surface area contributed by atoms with Crippen LogP contribution in [-0.4, -0.2) is 4.92 Å². The lowest BCUT2D eigenvalue weighted by Crippen LogP contribution is -1.96. The van der Waals surface area contributed by atoms with E-state index in [-0.39, 0.29) is 5.69 Å². The molecule has 0 atom stereocenters. The maximum atomic E-state index is 10.7. The van der Waals surface area contributed by atoms with Crippen LogP contribution >= 0.6 is 38.5 Å². The van der Waals surface area contributed by atoms with Crippen molar-refractivity contribution < 1.29 is 9.66 Å². The summed E-state index contributed by atoms with van der Waals surface area (Å²) in [4.78, 5) is 10.3. The standard InChI is InChI=1S/C13H9BrINO3/c14-10-5-12(16(17)18)7-13(6-10)19-8-9-1-3-11(15)4-2-9/h1-7H,8H2. The van der Waals surface area contributed by atoms with Gasteiger partial charge < -0.3 is 4.74 Å². The fourth-order valence-corrected chi connectivity index (χ4v) is 2.30. The maximum absolute atomic E-state index is 10.7. The SMILES string of the molecule is O=[N+]([O-])c1cc(Br)cc(OCc2ccc(I)cc2)c1. The van der Waals surface area contributed by atoms with E-state index >= 15 is 0 Å². The molecule has 0 aliphatic rings. The van der Waals surface area contributed by atoms with Crippen LogP contribution in [0.25, 0.3) is 0 Å². The van der Waals surface area contributed by atoms with Crippen molar-refractivity contribution in [1.29, 1.82) is 0 Å². The lowest BCUT2D eigenvalue weighted by atomic mass is 10.2. The van der Waals surface area contributed by atoms with Crippen LogP contribution in [0.1, 0.15) is 5.56 Å². The van der Waals surface area contributed by atoms with E-state index in [4.69, 9.17) is 4.74 Å². The molecule has 4 nitrogen and oxygen atoms in total. The monoisotopic (exact) mass is 433 g/mol. The van der Waals surface area contributed by atoms with Crippen molar-refractivity contribution in [2.45, 2.75) is 6.61 Å². The van der Waals surface area contributed by atoms with Gasteiger partial charge in [-0.2, -0.15) is 0 Å². The highest BCUT2D eigenvalue weighted by Gasteiger charge is 2.09. The van der Waals surface area contributed by atoms with Crippen LogP contribution in [0.2, 0.25) is 0 Å². The fourth-order valence-electron chi connectivity index (χ4n) is 1.48. The quantitative estimate of drug-likeness (QED) is 0.404. The molecule has 0 fully saturated rings. The lowest BCUT2D eigenvalue weighted by molar-refractivity contribution is -0.385. The first-order valence-corrected chi connectivity index (χ1v) is 7.24. The second-order valence-corrected chi connectivity index (χ2v) is 5.98. The number of hydrogen-bond donors (Lipinski definition) is 0. The number of rotatable bonds is 4. The zero-order valence-electron chi connectivity index (χ0n) is 9.68. The maximum Gasteiger partial charge on any atom is 0.274 e. The number of nitro benzene ring substituents is 1. The first kappa shape index (κ1) is 14.3. The normalized spacial score (nSPS) is 10.2. The van der Waals surface area contributed by atoms with Crippen LogP contribution in [0, 0.1) is 13.7 Å². The number of nitro groups is 1. The van der Waals surface area contributed by atoms with Crippen LogP contribution in [-0.2, 0) is 6.61 Å². The molecule has 0 aliphatic carbocycles. The Morgan fingerprint density at radius 1 is 1.21 bits per heavy atom. The fraction of sp³-hybridized carbons (Fsp3) is 0.0769. The Morgan fingerprint density at radius 3 is 2.53 bits per heavy atom. The summed E-state index contributed by atoms with van der Waals surface area (Å²) in [5.74, 6) is 0.472. The van der Waals surface area contributed by atoms with Gasteiger partial charge in [-0.25, -0.2) is 0 Å². The smallest absolute Gasteiger partial charge is 0.274 e. The van der Waals surface area contributed by atoms with Crippen LogP contribution in [0.15, 0.2) is 46.9 Å². The van der Waals surface area contributed by atoms with Crippen LogP contribution in [0.5, 0.6) is 5.75 Å². The van der Waals surface area contributed by atoms with E-state index in [1.807, 2.05) is 24.3 Å². The minimum absolute atomic E-state index is 0.00647. The molecule has 2 rings (SSSR count). The minimum Gasteiger partial charge on any atom is -0.489 e. The number of halogens is 2. The Balaban J connectivity index is 2.11. The van der Waals surface area contributed by atoms with Crippen molar-refractivity contribution in [2.24, 2.45) is 0 Å². The predicted molar refractivity (Wildman–Crippen MR) is 84.3 cm³/mol. The van der Waals surface area contributed by atoms with Gasteiger partial charge in [0.05, 0.1) is 11.0 Å². The third-order valence-corrected chi connectivity index (χ3v) is 3.56. The summed E-state index contributed by atoms with van der Waals surface area (Å²) in [5, 5.41) is 10.7. The molecule has 0 unspecified atom stereocenters. The number of ether oxygens (including phenoxy) is 1. The zero-order valence-corrected chi connectivity index (χ0v) is 13.4. The molecule has 0 N–H and O–H groups in total. The van der Waals surface area contributed by atoms with Crippen molar-refractivity contribution in [2.75, 3.05) is 0 Å². The van der Waals surface area contributed by atoms with Gasteiger partial charge in [0.25, 0.3) is 5.69 Å². The summed E-state index contributed by atoms with van der Waals surface area (Å²) in [6, 6.07) is 12.5. The number of benzene rings is 2. The average Bonchev–Trinajstić information content (AvgIpc) is 2.37. The predicted octanol–water partition coefficient (Wildman–Crippen LogP) is 4.54. The molecule has 2 aromatic rings. The largest absolute Gasteiger partial charge is 0.489 e. The molecule has 0 bridgehead atoms. The third kappa shape index (κ3) is 4.17. The minimum atomic E-state index is -0.442. The van der Waals surface area contributed by atoms with Crippen LogP contribution in [0.3, 0.4) is 0 Å². The third-order valence-electron chi connectivity index (χ3n) is 2.39. The first-order chi connectivity index (χ1) is 9.04. The van der Waals surface area contributed by atoms with Gasteiger partial charge in [-0.1, -0.05) is 28.1 Å². The zero-order chi connectivity index (χ0) is 13.8. The summed E-state index contributed by atoms with van der Waals surface area (Å²) in [7, 11) is 0. The van der Waals surface area contributed by atoms with E-state index < -0.39 is 4.92 Å². The number of non-ortho nitro benzene ring substituents is 1. The molecule has 0 saturated carbocycles. The topological polar surface area (TPSA) is 52.4 Å². The van der Waals surface area contributed by atoms with E-state index in [0.717, 1.165) is 9.13 Å². The average molecular weight is 434 g/mol. The van der Waals surface area contributed by atoms with E-state index in [9.17, 15) is 10.1 Å². The second-order valence-electron chi connectivity index (χ2n) is 3.82. The van der Waals surface area contributed by atoms with Gasteiger partial charge in [-0.05, 0) is 46.4 Å². The van der Waals surface area contributed by atoms with Crippen molar-refractivity contribution >= 4 is 44.2 Å². The van der Waals surface area contributed by atoms with Gasteiger partial charge in [-0.15, -0.1) is 0 Å².